The SMILES string of the molecule is NC(=O)c1cc(F)cc2c1cnn2C1=NC2=C(CNCN2)CC(NCc2cccc(F)c2)O1. The van der Waals surface area contributed by atoms with Crippen LogP contribution in [0.3, 0.4) is 0 Å². The van der Waals surface area contributed by atoms with Crippen LogP contribution in [-0.2, 0) is 11.3 Å². The standard InChI is InChI=1S/C22H21F2N7O2/c23-14-3-1-2-12(4-14)8-27-19-5-13-9-26-11-28-21(13)30-22(33-19)31-18-7-15(24)6-16(20(25)32)17(18)10-29-31/h1-4,6-7,10,19,26-28H,5,8-9,11H2,(H2,25,32). The molecule has 0 bridgehead atoms. The first kappa shape index (κ1) is 21.0. The van der Waals surface area contributed by atoms with Gasteiger partial charge in [-0.3, -0.25) is 15.4 Å². The van der Waals surface area contributed by atoms with Gasteiger partial charge in [0.1, 0.15) is 17.5 Å². The molecular formula is C22H21F2N7O2. The van der Waals surface area contributed by atoms with Gasteiger partial charge in [0.15, 0.2) is 6.23 Å². The Labute approximate surface area is 187 Å². The molecular weight excluding hydrogens is 432 g/mol. The molecule has 1 atom stereocenters. The molecule has 170 valence electrons. The van der Waals surface area contributed by atoms with Crippen molar-refractivity contribution in [2.24, 2.45) is 10.7 Å². The molecule has 33 heavy (non-hydrogen) atoms. The van der Waals surface area contributed by atoms with E-state index in [0.29, 0.717) is 42.9 Å². The van der Waals surface area contributed by atoms with Gasteiger partial charge >= 0.3 is 6.02 Å². The summed E-state index contributed by atoms with van der Waals surface area (Å²) in [5.41, 5.74) is 7.46. The van der Waals surface area contributed by atoms with E-state index in [1.54, 1.807) is 6.07 Å². The van der Waals surface area contributed by atoms with E-state index in [1.807, 2.05) is 6.07 Å². The van der Waals surface area contributed by atoms with Gasteiger partial charge in [0.05, 0.1) is 23.9 Å². The average Bonchev–Trinajstić information content (AvgIpc) is 3.11. The fourth-order valence-electron chi connectivity index (χ4n) is 3.91. The van der Waals surface area contributed by atoms with Crippen LogP contribution < -0.4 is 21.7 Å². The van der Waals surface area contributed by atoms with Crippen LogP contribution in [0.4, 0.5) is 8.78 Å². The molecule has 2 aromatic carbocycles. The smallest absolute Gasteiger partial charge is 0.321 e. The number of rotatable bonds is 4. The molecule has 0 spiro atoms. The van der Waals surface area contributed by atoms with Crippen molar-refractivity contribution in [1.29, 1.82) is 0 Å². The lowest BCUT2D eigenvalue weighted by Crippen LogP contribution is -2.38. The molecule has 0 fully saturated rings. The van der Waals surface area contributed by atoms with Crippen molar-refractivity contribution in [2.45, 2.75) is 19.2 Å². The van der Waals surface area contributed by atoms with E-state index >= 15 is 0 Å². The van der Waals surface area contributed by atoms with E-state index < -0.39 is 18.0 Å². The number of benzene rings is 2. The van der Waals surface area contributed by atoms with Crippen molar-refractivity contribution < 1.29 is 18.3 Å². The largest absolute Gasteiger partial charge is 0.444 e. The quantitative estimate of drug-likeness (QED) is 0.476. The number of hydrogen-bond donors (Lipinski definition) is 4. The summed E-state index contributed by atoms with van der Waals surface area (Å²) in [6.45, 7) is 1.50. The molecule has 1 aromatic heterocycles. The first-order chi connectivity index (χ1) is 16.0. The highest BCUT2D eigenvalue weighted by Crippen LogP contribution is 2.24. The summed E-state index contributed by atoms with van der Waals surface area (Å²) >= 11 is 0. The number of carbonyl (C=O) groups is 1. The number of amides is 1. The van der Waals surface area contributed by atoms with Crippen LogP contribution in [0.15, 0.2) is 59.0 Å². The summed E-state index contributed by atoms with van der Waals surface area (Å²) in [6, 6.07) is 8.70. The number of halogens is 2. The van der Waals surface area contributed by atoms with Crippen LogP contribution >= 0.6 is 0 Å². The number of fused-ring (bicyclic) bond motifs is 1. The van der Waals surface area contributed by atoms with Gasteiger partial charge in [-0.05, 0) is 29.3 Å². The third-order valence-corrected chi connectivity index (χ3v) is 5.46. The van der Waals surface area contributed by atoms with Gasteiger partial charge in [0, 0.05) is 31.0 Å². The minimum atomic E-state index is -0.762. The average molecular weight is 453 g/mol. The summed E-state index contributed by atoms with van der Waals surface area (Å²) in [7, 11) is 0. The molecule has 1 amide bonds. The lowest BCUT2D eigenvalue weighted by molar-refractivity contribution is 0.100. The van der Waals surface area contributed by atoms with Crippen molar-refractivity contribution >= 4 is 22.8 Å². The van der Waals surface area contributed by atoms with Crippen LogP contribution in [0.5, 0.6) is 0 Å². The number of aliphatic imine (C=N–C) groups is 1. The Hall–Kier alpha value is -3.83. The molecule has 0 radical (unpaired) electrons. The van der Waals surface area contributed by atoms with E-state index in [-0.39, 0.29) is 17.4 Å². The van der Waals surface area contributed by atoms with Crippen LogP contribution in [0.1, 0.15) is 22.3 Å². The highest BCUT2D eigenvalue weighted by atomic mass is 19.1. The zero-order valence-electron chi connectivity index (χ0n) is 17.4. The van der Waals surface area contributed by atoms with Gasteiger partial charge in [-0.2, -0.15) is 14.8 Å². The van der Waals surface area contributed by atoms with E-state index in [4.69, 9.17) is 10.5 Å². The maximum Gasteiger partial charge on any atom is 0.321 e. The molecule has 11 heteroatoms. The predicted octanol–water partition coefficient (Wildman–Crippen LogP) is 1.52. The molecule has 3 aromatic rings. The number of aromatic nitrogens is 2. The normalized spacial score (nSPS) is 18.2. The van der Waals surface area contributed by atoms with Gasteiger partial charge in [-0.1, -0.05) is 12.1 Å². The fraction of sp³-hybridized carbons (Fsp3) is 0.227. The van der Waals surface area contributed by atoms with E-state index in [0.717, 1.165) is 17.2 Å². The summed E-state index contributed by atoms with van der Waals surface area (Å²) in [6.07, 6.45) is 1.40. The maximum atomic E-state index is 14.2. The number of primary amides is 1. The molecule has 0 saturated heterocycles. The lowest BCUT2D eigenvalue weighted by Gasteiger charge is -2.22. The predicted molar refractivity (Wildman–Crippen MR) is 117 cm³/mol. The van der Waals surface area contributed by atoms with Crippen LogP contribution in [0.2, 0.25) is 0 Å². The molecule has 9 nitrogen and oxygen atoms in total. The Balaban J connectivity index is 1.51. The molecule has 0 saturated carbocycles. The molecule has 3 heterocycles. The molecule has 0 aliphatic carbocycles. The highest BCUT2D eigenvalue weighted by Gasteiger charge is 2.26. The second-order valence-electron chi connectivity index (χ2n) is 7.76. The van der Waals surface area contributed by atoms with Crippen LogP contribution in [0.25, 0.3) is 10.9 Å². The van der Waals surface area contributed by atoms with E-state index in [1.165, 1.54) is 29.1 Å². The second kappa shape index (κ2) is 8.60. The van der Waals surface area contributed by atoms with E-state index in [2.05, 4.69) is 26.0 Å². The van der Waals surface area contributed by atoms with Gasteiger partial charge in [-0.25, -0.2) is 8.78 Å². The van der Waals surface area contributed by atoms with E-state index in [9.17, 15) is 13.6 Å². The topological polar surface area (TPSA) is 119 Å². The summed E-state index contributed by atoms with van der Waals surface area (Å²) in [4.78, 5) is 16.4. The third-order valence-electron chi connectivity index (χ3n) is 5.46. The third kappa shape index (κ3) is 4.28. The number of nitrogens with two attached hydrogens (primary N) is 1. The highest BCUT2D eigenvalue weighted by molar-refractivity contribution is 6.06. The minimum Gasteiger partial charge on any atom is -0.444 e. The van der Waals surface area contributed by atoms with Crippen molar-refractivity contribution in [3.05, 3.63) is 76.8 Å². The number of ether oxygens (including phenoxy) is 1. The molecule has 2 aliphatic heterocycles. The molecule has 2 aliphatic rings. The van der Waals surface area contributed by atoms with Crippen LogP contribution in [-0.4, -0.2) is 41.2 Å². The Morgan fingerprint density at radius 1 is 1.27 bits per heavy atom. The Kier molecular flexibility index (Phi) is 5.48. The zero-order valence-corrected chi connectivity index (χ0v) is 17.4. The molecule has 5 N–H and O–H groups in total. The number of hydrogen-bond acceptors (Lipinski definition) is 7. The number of nitrogens with zero attached hydrogens (tertiary/aromatic N) is 3. The van der Waals surface area contributed by atoms with Crippen molar-refractivity contribution in [3.63, 3.8) is 0 Å². The fourth-order valence-corrected chi connectivity index (χ4v) is 3.91. The van der Waals surface area contributed by atoms with Gasteiger partial charge in [0.25, 0.3) is 0 Å². The summed E-state index contributed by atoms with van der Waals surface area (Å²) in [5.74, 6) is -1.08. The number of nitrogens with one attached hydrogen (secondary N) is 3. The van der Waals surface area contributed by atoms with Gasteiger partial charge in [-0.15, -0.1) is 0 Å². The van der Waals surface area contributed by atoms with Crippen LogP contribution in [0, 0.1) is 11.6 Å². The minimum absolute atomic E-state index is 0.0196. The Bertz CT molecular complexity index is 1300. The first-order valence-electron chi connectivity index (χ1n) is 10.3. The maximum absolute atomic E-state index is 14.2. The van der Waals surface area contributed by atoms with Crippen molar-refractivity contribution in [2.75, 3.05) is 13.2 Å². The molecule has 1 unspecified atom stereocenters. The van der Waals surface area contributed by atoms with Gasteiger partial charge in [0.2, 0.25) is 5.91 Å². The monoisotopic (exact) mass is 453 g/mol. The number of carbonyl (C=O) groups excluding carboxylic acids is 1. The Morgan fingerprint density at radius 2 is 2.15 bits per heavy atom. The van der Waals surface area contributed by atoms with Crippen molar-refractivity contribution in [1.82, 2.24) is 25.7 Å². The summed E-state index contributed by atoms with van der Waals surface area (Å²) in [5, 5.41) is 14.3. The van der Waals surface area contributed by atoms with Crippen molar-refractivity contribution in [3.8, 4) is 0 Å². The van der Waals surface area contributed by atoms with Gasteiger partial charge < -0.3 is 15.8 Å². The first-order valence-corrected chi connectivity index (χ1v) is 10.3. The lowest BCUT2D eigenvalue weighted by atomic mass is 10.1. The Morgan fingerprint density at radius 3 is 2.97 bits per heavy atom. The zero-order chi connectivity index (χ0) is 22.9. The summed E-state index contributed by atoms with van der Waals surface area (Å²) < 4.78 is 35.3. The second-order valence-corrected chi connectivity index (χ2v) is 7.76. The molecule has 5 rings (SSSR count).